The summed E-state index contributed by atoms with van der Waals surface area (Å²) in [5, 5.41) is 3.29. The first-order valence-electron chi connectivity index (χ1n) is 7.10. The molecule has 4 nitrogen and oxygen atoms in total. The number of nitrogens with one attached hydrogen (secondary N) is 1. The summed E-state index contributed by atoms with van der Waals surface area (Å²) >= 11 is 0. The Hall–Kier alpha value is -2.66. The molecule has 1 aromatic heterocycles. The Morgan fingerprint density at radius 1 is 0.826 bits per heavy atom. The monoisotopic (exact) mass is 324 g/mol. The number of benzene rings is 2. The third-order valence-corrected chi connectivity index (χ3v) is 4.54. The molecule has 116 valence electrons. The van der Waals surface area contributed by atoms with Gasteiger partial charge in [0.25, 0.3) is 0 Å². The molecule has 1 N–H and O–H groups in total. The molecule has 3 rings (SSSR count). The maximum absolute atomic E-state index is 11.5. The van der Waals surface area contributed by atoms with Gasteiger partial charge >= 0.3 is 0 Å². The van der Waals surface area contributed by atoms with Gasteiger partial charge in [0.05, 0.1) is 16.8 Å². The highest BCUT2D eigenvalue weighted by atomic mass is 32.2. The Labute approximate surface area is 135 Å². The lowest BCUT2D eigenvalue weighted by molar-refractivity contribution is 0.602. The quantitative estimate of drug-likeness (QED) is 0.791. The average Bonchev–Trinajstić information content (AvgIpc) is 2.55. The van der Waals surface area contributed by atoms with Crippen LogP contribution in [0.4, 0.5) is 11.4 Å². The van der Waals surface area contributed by atoms with Gasteiger partial charge in [0.1, 0.15) is 0 Å². The normalized spacial score (nSPS) is 11.2. The van der Waals surface area contributed by atoms with Gasteiger partial charge in [0.15, 0.2) is 9.84 Å². The summed E-state index contributed by atoms with van der Waals surface area (Å²) in [5.74, 6) is 0. The van der Waals surface area contributed by atoms with Crippen molar-refractivity contribution in [2.45, 2.75) is 4.90 Å². The van der Waals surface area contributed by atoms with Gasteiger partial charge < -0.3 is 5.32 Å². The molecule has 0 unspecified atom stereocenters. The molecule has 0 aliphatic carbocycles. The van der Waals surface area contributed by atoms with E-state index in [-0.39, 0.29) is 0 Å². The fraction of sp³-hybridized carbons (Fsp3) is 0.0556. The Bertz CT molecular complexity index is 905. The van der Waals surface area contributed by atoms with Crippen molar-refractivity contribution in [1.29, 1.82) is 0 Å². The molecular weight excluding hydrogens is 308 g/mol. The van der Waals surface area contributed by atoms with Gasteiger partial charge in [0, 0.05) is 23.7 Å². The number of hydrogen-bond donors (Lipinski definition) is 1. The topological polar surface area (TPSA) is 59.1 Å². The fourth-order valence-corrected chi connectivity index (χ4v) is 2.88. The predicted molar refractivity (Wildman–Crippen MR) is 92.5 cm³/mol. The number of para-hydroxylation sites is 1. The van der Waals surface area contributed by atoms with Crippen LogP contribution < -0.4 is 5.32 Å². The summed E-state index contributed by atoms with van der Waals surface area (Å²) in [5.41, 5.74) is 3.70. The molecule has 0 saturated heterocycles. The van der Waals surface area contributed by atoms with E-state index in [1.165, 1.54) is 6.26 Å². The molecule has 3 aromatic rings. The van der Waals surface area contributed by atoms with Crippen LogP contribution >= 0.6 is 0 Å². The van der Waals surface area contributed by atoms with Gasteiger partial charge in [-0.1, -0.05) is 30.3 Å². The van der Waals surface area contributed by atoms with E-state index in [4.69, 9.17) is 0 Å². The largest absolute Gasteiger partial charge is 0.354 e. The third kappa shape index (κ3) is 3.76. The van der Waals surface area contributed by atoms with Crippen LogP contribution in [0.2, 0.25) is 0 Å². The minimum Gasteiger partial charge on any atom is -0.354 e. The van der Waals surface area contributed by atoms with E-state index in [0.717, 1.165) is 22.5 Å². The Balaban J connectivity index is 1.88. The molecule has 1 heterocycles. The molecule has 23 heavy (non-hydrogen) atoms. The van der Waals surface area contributed by atoms with Gasteiger partial charge in [0.2, 0.25) is 0 Å². The van der Waals surface area contributed by atoms with Crippen molar-refractivity contribution in [3.05, 3.63) is 73.1 Å². The third-order valence-electron chi connectivity index (χ3n) is 3.42. The standard InChI is InChI=1S/C18H16N2O2S/c1-23(21,22)18-9-7-14(8-10-18)15-11-17(13-19-12-15)20-16-5-3-2-4-6-16/h2-13,20H,1H3. The van der Waals surface area contributed by atoms with Crippen molar-refractivity contribution in [3.63, 3.8) is 0 Å². The maximum Gasteiger partial charge on any atom is 0.175 e. The Morgan fingerprint density at radius 2 is 1.52 bits per heavy atom. The number of sulfone groups is 1. The van der Waals surface area contributed by atoms with Crippen LogP contribution in [0.1, 0.15) is 0 Å². The molecule has 0 saturated carbocycles. The molecule has 0 radical (unpaired) electrons. The summed E-state index contributed by atoms with van der Waals surface area (Å²) < 4.78 is 23.0. The van der Waals surface area contributed by atoms with E-state index in [1.807, 2.05) is 36.4 Å². The number of hydrogen-bond acceptors (Lipinski definition) is 4. The second-order valence-corrected chi connectivity index (χ2v) is 7.27. The van der Waals surface area contributed by atoms with Crippen molar-refractivity contribution in [2.75, 3.05) is 11.6 Å². The number of anilines is 2. The summed E-state index contributed by atoms with van der Waals surface area (Å²) in [6.45, 7) is 0. The zero-order valence-corrected chi connectivity index (χ0v) is 13.4. The second-order valence-electron chi connectivity index (χ2n) is 5.25. The van der Waals surface area contributed by atoms with E-state index < -0.39 is 9.84 Å². The zero-order chi connectivity index (χ0) is 16.3. The van der Waals surface area contributed by atoms with Gasteiger partial charge in [-0.2, -0.15) is 0 Å². The summed E-state index contributed by atoms with van der Waals surface area (Å²) in [4.78, 5) is 4.56. The Morgan fingerprint density at radius 3 is 2.17 bits per heavy atom. The number of nitrogens with zero attached hydrogens (tertiary/aromatic N) is 1. The van der Waals surface area contributed by atoms with Gasteiger partial charge in [-0.05, 0) is 35.9 Å². The predicted octanol–water partition coefficient (Wildman–Crippen LogP) is 3.90. The zero-order valence-electron chi connectivity index (χ0n) is 12.6. The minimum atomic E-state index is -3.18. The highest BCUT2D eigenvalue weighted by molar-refractivity contribution is 7.90. The van der Waals surface area contributed by atoms with Gasteiger partial charge in [-0.25, -0.2) is 8.42 Å². The lowest BCUT2D eigenvalue weighted by atomic mass is 10.1. The highest BCUT2D eigenvalue weighted by Gasteiger charge is 2.07. The molecule has 2 aromatic carbocycles. The molecule has 0 aliphatic rings. The van der Waals surface area contributed by atoms with E-state index in [0.29, 0.717) is 4.90 Å². The van der Waals surface area contributed by atoms with Crippen LogP contribution in [0.15, 0.2) is 78.0 Å². The number of aromatic nitrogens is 1. The Kier molecular flexibility index (Phi) is 4.12. The molecule has 0 aliphatic heterocycles. The summed E-state index contributed by atoms with van der Waals surface area (Å²) in [7, 11) is -3.18. The first kappa shape index (κ1) is 15.2. The lowest BCUT2D eigenvalue weighted by Gasteiger charge is -2.08. The van der Waals surface area contributed by atoms with E-state index >= 15 is 0 Å². The van der Waals surface area contributed by atoms with Crippen molar-refractivity contribution in [3.8, 4) is 11.1 Å². The molecule has 0 fully saturated rings. The van der Waals surface area contributed by atoms with E-state index in [2.05, 4.69) is 10.3 Å². The lowest BCUT2D eigenvalue weighted by Crippen LogP contribution is -1.96. The number of rotatable bonds is 4. The van der Waals surface area contributed by atoms with E-state index in [9.17, 15) is 8.42 Å². The average molecular weight is 324 g/mol. The first-order valence-corrected chi connectivity index (χ1v) is 8.99. The highest BCUT2D eigenvalue weighted by Crippen LogP contribution is 2.24. The van der Waals surface area contributed by atoms with Gasteiger partial charge in [-0.3, -0.25) is 4.98 Å². The van der Waals surface area contributed by atoms with Crippen molar-refractivity contribution >= 4 is 21.2 Å². The second kappa shape index (κ2) is 6.22. The molecule has 0 bridgehead atoms. The van der Waals surface area contributed by atoms with Crippen molar-refractivity contribution in [1.82, 2.24) is 4.98 Å². The molecule has 0 amide bonds. The molecular formula is C18H16N2O2S. The van der Waals surface area contributed by atoms with Gasteiger partial charge in [-0.15, -0.1) is 0 Å². The van der Waals surface area contributed by atoms with Crippen LogP contribution in [0.3, 0.4) is 0 Å². The molecule has 0 spiro atoms. The molecule has 5 heteroatoms. The first-order chi connectivity index (χ1) is 11.0. The van der Waals surface area contributed by atoms with Crippen LogP contribution in [0, 0.1) is 0 Å². The summed E-state index contributed by atoms with van der Waals surface area (Å²) in [6.07, 6.45) is 4.71. The summed E-state index contributed by atoms with van der Waals surface area (Å²) in [6, 6.07) is 18.6. The minimum absolute atomic E-state index is 0.313. The fourth-order valence-electron chi connectivity index (χ4n) is 2.25. The SMILES string of the molecule is CS(=O)(=O)c1ccc(-c2cncc(Nc3ccccc3)c2)cc1. The van der Waals surface area contributed by atoms with Crippen molar-refractivity contribution in [2.24, 2.45) is 0 Å². The maximum atomic E-state index is 11.5. The van der Waals surface area contributed by atoms with Crippen LogP contribution in [-0.4, -0.2) is 19.7 Å². The number of pyridine rings is 1. The molecule has 0 atom stereocenters. The van der Waals surface area contributed by atoms with Crippen LogP contribution in [0.25, 0.3) is 11.1 Å². The van der Waals surface area contributed by atoms with Crippen molar-refractivity contribution < 1.29 is 8.42 Å². The smallest absolute Gasteiger partial charge is 0.175 e. The van der Waals surface area contributed by atoms with Crippen LogP contribution in [-0.2, 0) is 9.84 Å². The van der Waals surface area contributed by atoms with Crippen LogP contribution in [0.5, 0.6) is 0 Å². The van der Waals surface area contributed by atoms with E-state index in [1.54, 1.807) is 36.7 Å².